The number of carbonyl (C=O) groups excluding carboxylic acids is 1. The summed E-state index contributed by atoms with van der Waals surface area (Å²) in [4.78, 5) is 13.8. The molecule has 0 aromatic carbocycles. The second-order valence-electron chi connectivity index (χ2n) is 4.89. The van der Waals surface area contributed by atoms with Crippen LogP contribution < -0.4 is 5.32 Å². The van der Waals surface area contributed by atoms with Crippen molar-refractivity contribution in [3.05, 3.63) is 0 Å². The van der Waals surface area contributed by atoms with E-state index in [4.69, 9.17) is 4.74 Å². The Kier molecular flexibility index (Phi) is 4.11. The predicted octanol–water partition coefficient (Wildman–Crippen LogP) is 0.622. The van der Waals surface area contributed by atoms with Crippen molar-refractivity contribution in [2.75, 3.05) is 26.2 Å². The molecule has 1 aliphatic heterocycles. The summed E-state index contributed by atoms with van der Waals surface area (Å²) in [5.41, 5.74) is -0.102. The molecule has 0 aromatic heterocycles. The molecule has 1 fully saturated rings. The van der Waals surface area contributed by atoms with Crippen molar-refractivity contribution in [1.82, 2.24) is 10.2 Å². The Bertz CT molecular complexity index is 227. The fourth-order valence-electron chi connectivity index (χ4n) is 1.76. The highest BCUT2D eigenvalue weighted by Crippen LogP contribution is 2.16. The summed E-state index contributed by atoms with van der Waals surface area (Å²) >= 11 is 0. The SMILES string of the molecule is CC(C)OCC(=O)N1CCNCC1(C)C. The van der Waals surface area contributed by atoms with E-state index in [9.17, 15) is 4.79 Å². The summed E-state index contributed by atoms with van der Waals surface area (Å²) in [6.45, 7) is 10.7. The first-order valence-corrected chi connectivity index (χ1v) is 5.56. The van der Waals surface area contributed by atoms with E-state index in [1.807, 2.05) is 18.7 Å². The van der Waals surface area contributed by atoms with Crippen LogP contribution in [0.2, 0.25) is 0 Å². The van der Waals surface area contributed by atoms with Crippen LogP contribution in [0.4, 0.5) is 0 Å². The monoisotopic (exact) mass is 214 g/mol. The van der Waals surface area contributed by atoms with Crippen LogP contribution in [0.25, 0.3) is 0 Å². The van der Waals surface area contributed by atoms with Gasteiger partial charge in [0.05, 0.1) is 6.10 Å². The minimum absolute atomic E-state index is 0.0928. The molecule has 1 amide bonds. The molecule has 0 bridgehead atoms. The van der Waals surface area contributed by atoms with Crippen LogP contribution in [0.15, 0.2) is 0 Å². The van der Waals surface area contributed by atoms with Crippen LogP contribution in [0, 0.1) is 0 Å². The molecule has 0 spiro atoms. The maximum absolute atomic E-state index is 11.9. The summed E-state index contributed by atoms with van der Waals surface area (Å²) in [6, 6.07) is 0. The zero-order valence-corrected chi connectivity index (χ0v) is 10.2. The number of rotatable bonds is 3. The molecule has 0 unspecified atom stereocenters. The van der Waals surface area contributed by atoms with Gasteiger partial charge >= 0.3 is 0 Å². The van der Waals surface area contributed by atoms with Gasteiger partial charge in [-0.2, -0.15) is 0 Å². The summed E-state index contributed by atoms with van der Waals surface area (Å²) in [6.07, 6.45) is 0.111. The maximum Gasteiger partial charge on any atom is 0.249 e. The molecule has 88 valence electrons. The van der Waals surface area contributed by atoms with Crippen LogP contribution in [0.5, 0.6) is 0 Å². The van der Waals surface area contributed by atoms with Gasteiger partial charge in [0, 0.05) is 25.2 Å². The molecule has 0 aliphatic carbocycles. The third-order valence-electron chi connectivity index (χ3n) is 2.64. The number of piperazine rings is 1. The Morgan fingerprint density at radius 1 is 1.53 bits per heavy atom. The Morgan fingerprint density at radius 3 is 2.73 bits per heavy atom. The molecule has 1 heterocycles. The van der Waals surface area contributed by atoms with Gasteiger partial charge in [-0.1, -0.05) is 0 Å². The number of nitrogens with zero attached hydrogens (tertiary/aromatic N) is 1. The lowest BCUT2D eigenvalue weighted by Crippen LogP contribution is -2.60. The van der Waals surface area contributed by atoms with Crippen molar-refractivity contribution < 1.29 is 9.53 Å². The lowest BCUT2D eigenvalue weighted by atomic mass is 10.0. The van der Waals surface area contributed by atoms with Crippen molar-refractivity contribution in [1.29, 1.82) is 0 Å². The molecule has 4 heteroatoms. The lowest BCUT2D eigenvalue weighted by molar-refractivity contribution is -0.144. The minimum atomic E-state index is -0.102. The Morgan fingerprint density at radius 2 is 2.20 bits per heavy atom. The van der Waals surface area contributed by atoms with E-state index in [1.54, 1.807) is 0 Å². The first-order valence-electron chi connectivity index (χ1n) is 5.56. The highest BCUT2D eigenvalue weighted by Gasteiger charge is 2.32. The van der Waals surface area contributed by atoms with Crippen molar-refractivity contribution in [3.63, 3.8) is 0 Å². The predicted molar refractivity (Wildman–Crippen MR) is 59.7 cm³/mol. The molecular formula is C11H22N2O2. The molecule has 1 aliphatic rings. The number of hydrogen-bond donors (Lipinski definition) is 1. The zero-order valence-electron chi connectivity index (χ0n) is 10.2. The quantitative estimate of drug-likeness (QED) is 0.749. The maximum atomic E-state index is 11.9. The number of amides is 1. The average molecular weight is 214 g/mol. The standard InChI is InChI=1S/C11H22N2O2/c1-9(2)15-7-10(14)13-6-5-12-8-11(13,3)4/h9,12H,5-8H2,1-4H3. The van der Waals surface area contributed by atoms with Crippen molar-refractivity contribution in [3.8, 4) is 0 Å². The van der Waals surface area contributed by atoms with E-state index >= 15 is 0 Å². The summed E-state index contributed by atoms with van der Waals surface area (Å²) < 4.78 is 5.34. The van der Waals surface area contributed by atoms with Gasteiger partial charge in [0.15, 0.2) is 0 Å². The molecule has 0 saturated carbocycles. The summed E-state index contributed by atoms with van der Waals surface area (Å²) in [7, 11) is 0. The van der Waals surface area contributed by atoms with Gasteiger partial charge in [-0.3, -0.25) is 4.79 Å². The van der Waals surface area contributed by atoms with Gasteiger partial charge in [0.25, 0.3) is 0 Å². The van der Waals surface area contributed by atoms with Crippen LogP contribution in [-0.4, -0.2) is 48.7 Å². The second kappa shape index (κ2) is 4.94. The molecule has 0 aromatic rings. The van der Waals surface area contributed by atoms with Crippen molar-refractivity contribution in [2.24, 2.45) is 0 Å². The van der Waals surface area contributed by atoms with E-state index in [0.29, 0.717) is 0 Å². The van der Waals surface area contributed by atoms with Crippen molar-refractivity contribution >= 4 is 5.91 Å². The first kappa shape index (κ1) is 12.5. The van der Waals surface area contributed by atoms with Gasteiger partial charge in [0.1, 0.15) is 6.61 Å². The third kappa shape index (κ3) is 3.47. The van der Waals surface area contributed by atoms with E-state index in [-0.39, 0.29) is 24.2 Å². The number of ether oxygens (including phenoxy) is 1. The molecule has 0 radical (unpaired) electrons. The average Bonchev–Trinajstić information content (AvgIpc) is 2.13. The minimum Gasteiger partial charge on any atom is -0.369 e. The smallest absolute Gasteiger partial charge is 0.249 e. The fourth-order valence-corrected chi connectivity index (χ4v) is 1.76. The lowest BCUT2D eigenvalue weighted by Gasteiger charge is -2.42. The van der Waals surface area contributed by atoms with Crippen LogP contribution in [0.1, 0.15) is 27.7 Å². The third-order valence-corrected chi connectivity index (χ3v) is 2.64. The highest BCUT2D eigenvalue weighted by atomic mass is 16.5. The van der Waals surface area contributed by atoms with E-state index in [0.717, 1.165) is 19.6 Å². The van der Waals surface area contributed by atoms with Crippen LogP contribution in [0.3, 0.4) is 0 Å². The van der Waals surface area contributed by atoms with Gasteiger partial charge < -0.3 is 15.0 Å². The van der Waals surface area contributed by atoms with Gasteiger partial charge in [-0.25, -0.2) is 0 Å². The molecule has 1 N–H and O–H groups in total. The van der Waals surface area contributed by atoms with E-state index in [1.165, 1.54) is 0 Å². The highest BCUT2D eigenvalue weighted by molar-refractivity contribution is 5.78. The van der Waals surface area contributed by atoms with Gasteiger partial charge in [0.2, 0.25) is 5.91 Å². The van der Waals surface area contributed by atoms with E-state index in [2.05, 4.69) is 19.2 Å². The zero-order chi connectivity index (χ0) is 11.5. The molecule has 15 heavy (non-hydrogen) atoms. The van der Waals surface area contributed by atoms with Crippen LogP contribution in [-0.2, 0) is 9.53 Å². The Hall–Kier alpha value is -0.610. The largest absolute Gasteiger partial charge is 0.369 e. The summed E-state index contributed by atoms with van der Waals surface area (Å²) in [5.74, 6) is 0.0928. The Labute approximate surface area is 92.0 Å². The number of hydrogen-bond acceptors (Lipinski definition) is 3. The molecule has 1 saturated heterocycles. The molecule has 4 nitrogen and oxygen atoms in total. The Balaban J connectivity index is 2.49. The molecule has 0 atom stereocenters. The number of nitrogens with one attached hydrogen (secondary N) is 1. The molecule has 1 rings (SSSR count). The molecular weight excluding hydrogens is 192 g/mol. The van der Waals surface area contributed by atoms with Gasteiger partial charge in [-0.05, 0) is 27.7 Å². The fraction of sp³-hybridized carbons (Fsp3) is 0.909. The number of carbonyl (C=O) groups is 1. The van der Waals surface area contributed by atoms with Crippen molar-refractivity contribution in [2.45, 2.75) is 39.3 Å². The normalized spacial score (nSPS) is 20.7. The first-order chi connectivity index (χ1) is 6.93. The summed E-state index contributed by atoms with van der Waals surface area (Å²) in [5, 5.41) is 3.29. The van der Waals surface area contributed by atoms with Gasteiger partial charge in [-0.15, -0.1) is 0 Å². The second-order valence-corrected chi connectivity index (χ2v) is 4.89. The van der Waals surface area contributed by atoms with Crippen LogP contribution >= 0.6 is 0 Å². The van der Waals surface area contributed by atoms with E-state index < -0.39 is 0 Å². The topological polar surface area (TPSA) is 41.6 Å².